The number of halogens is 1. The van der Waals surface area contributed by atoms with E-state index in [9.17, 15) is 19.2 Å². The van der Waals surface area contributed by atoms with Crippen LogP contribution in [0.1, 0.15) is 22.3 Å². The van der Waals surface area contributed by atoms with E-state index in [0.29, 0.717) is 35.8 Å². The molecule has 2 aliphatic heterocycles. The highest BCUT2D eigenvalue weighted by molar-refractivity contribution is 5.83. The molecule has 0 spiro atoms. The summed E-state index contributed by atoms with van der Waals surface area (Å²) in [6.07, 6.45) is 0. The zero-order valence-electron chi connectivity index (χ0n) is 18.9. The van der Waals surface area contributed by atoms with Crippen LogP contribution in [0.4, 0.5) is 10.2 Å². The summed E-state index contributed by atoms with van der Waals surface area (Å²) in [6, 6.07) is 14.5. The SMILES string of the molecule is N#Cc1cc(COc2ccc(COc3cc4n(c(=O)n3)CC3CNC(=O)CN43)cc2C#N)ccc1F. The monoisotopic (exact) mass is 486 g/mol. The predicted molar refractivity (Wildman–Crippen MR) is 124 cm³/mol. The number of nitrogens with one attached hydrogen (secondary N) is 1. The zero-order chi connectivity index (χ0) is 25.2. The molecular weight excluding hydrogens is 467 g/mol. The Balaban J connectivity index is 1.27. The molecule has 1 aromatic heterocycles. The molecule has 1 amide bonds. The Kier molecular flexibility index (Phi) is 5.97. The van der Waals surface area contributed by atoms with Crippen LogP contribution in [0.5, 0.6) is 11.6 Å². The first-order valence-corrected chi connectivity index (χ1v) is 11.1. The highest BCUT2D eigenvalue weighted by atomic mass is 19.1. The van der Waals surface area contributed by atoms with Gasteiger partial charge in [0.15, 0.2) is 0 Å². The third kappa shape index (κ3) is 4.42. The summed E-state index contributed by atoms with van der Waals surface area (Å²) in [5.41, 5.74) is 0.980. The second-order valence-corrected chi connectivity index (χ2v) is 8.38. The van der Waals surface area contributed by atoms with Gasteiger partial charge in [0, 0.05) is 12.6 Å². The van der Waals surface area contributed by atoms with Crippen molar-refractivity contribution in [3.8, 4) is 23.8 Å². The van der Waals surface area contributed by atoms with Crippen molar-refractivity contribution in [2.24, 2.45) is 0 Å². The zero-order valence-corrected chi connectivity index (χ0v) is 18.9. The summed E-state index contributed by atoms with van der Waals surface area (Å²) >= 11 is 0. The Morgan fingerprint density at radius 3 is 2.53 bits per heavy atom. The average Bonchev–Trinajstić information content (AvgIpc) is 3.25. The molecule has 1 fully saturated rings. The number of ether oxygens (including phenoxy) is 2. The van der Waals surface area contributed by atoms with Crippen molar-refractivity contribution in [2.75, 3.05) is 18.0 Å². The minimum absolute atomic E-state index is 0.000388. The number of piperazine rings is 1. The molecule has 2 aromatic carbocycles. The first kappa shape index (κ1) is 22.9. The van der Waals surface area contributed by atoms with Gasteiger partial charge >= 0.3 is 5.69 Å². The van der Waals surface area contributed by atoms with Gasteiger partial charge in [0.2, 0.25) is 11.8 Å². The Hall–Kier alpha value is -4.90. The summed E-state index contributed by atoms with van der Waals surface area (Å²) < 4.78 is 26.5. The summed E-state index contributed by atoms with van der Waals surface area (Å²) in [5, 5.41) is 21.3. The molecule has 0 aliphatic carbocycles. The highest BCUT2D eigenvalue weighted by Gasteiger charge is 2.35. The van der Waals surface area contributed by atoms with Crippen LogP contribution in [0.15, 0.2) is 47.3 Å². The van der Waals surface area contributed by atoms with E-state index in [1.807, 2.05) is 4.90 Å². The number of hydrogen-bond acceptors (Lipinski definition) is 8. The van der Waals surface area contributed by atoms with Gasteiger partial charge in [-0.15, -0.1) is 0 Å². The molecule has 1 N–H and O–H groups in total. The van der Waals surface area contributed by atoms with Gasteiger partial charge in [-0.3, -0.25) is 9.36 Å². The molecular formula is C25H19FN6O4. The van der Waals surface area contributed by atoms with E-state index in [0.717, 1.165) is 0 Å². The van der Waals surface area contributed by atoms with Crippen LogP contribution in [0.2, 0.25) is 0 Å². The molecule has 1 atom stereocenters. The fourth-order valence-corrected chi connectivity index (χ4v) is 4.23. The number of hydrogen-bond donors (Lipinski definition) is 1. The van der Waals surface area contributed by atoms with Gasteiger partial charge in [0.25, 0.3) is 0 Å². The summed E-state index contributed by atoms with van der Waals surface area (Å²) in [4.78, 5) is 30.2. The normalized spacial score (nSPS) is 15.8. The van der Waals surface area contributed by atoms with Gasteiger partial charge < -0.3 is 19.7 Å². The van der Waals surface area contributed by atoms with Gasteiger partial charge in [0.05, 0.1) is 30.3 Å². The number of carbonyl (C=O) groups is 1. The Morgan fingerprint density at radius 1 is 1.03 bits per heavy atom. The van der Waals surface area contributed by atoms with Crippen LogP contribution in [-0.4, -0.2) is 34.6 Å². The molecule has 11 heteroatoms. The second kappa shape index (κ2) is 9.39. The van der Waals surface area contributed by atoms with E-state index in [1.165, 1.54) is 22.8 Å². The van der Waals surface area contributed by atoms with Crippen LogP contribution in [0.3, 0.4) is 0 Å². The topological polar surface area (TPSA) is 133 Å². The number of carbonyl (C=O) groups excluding carboxylic acids is 1. The van der Waals surface area contributed by atoms with Crippen LogP contribution in [0.25, 0.3) is 0 Å². The van der Waals surface area contributed by atoms with E-state index in [4.69, 9.17) is 14.7 Å². The van der Waals surface area contributed by atoms with Gasteiger partial charge in [-0.1, -0.05) is 12.1 Å². The molecule has 5 rings (SSSR count). The van der Waals surface area contributed by atoms with Crippen LogP contribution >= 0.6 is 0 Å². The van der Waals surface area contributed by atoms with Crippen molar-refractivity contribution in [1.29, 1.82) is 10.5 Å². The lowest BCUT2D eigenvalue weighted by Crippen LogP contribution is -2.52. The summed E-state index contributed by atoms with van der Waals surface area (Å²) in [7, 11) is 0. The third-order valence-electron chi connectivity index (χ3n) is 6.04. The maximum atomic E-state index is 13.5. The lowest BCUT2D eigenvalue weighted by Gasteiger charge is -2.30. The van der Waals surface area contributed by atoms with E-state index >= 15 is 0 Å². The number of rotatable bonds is 6. The lowest BCUT2D eigenvalue weighted by atomic mass is 10.1. The first-order valence-electron chi connectivity index (χ1n) is 11.1. The number of nitriles is 2. The number of amides is 1. The number of anilines is 1. The summed E-state index contributed by atoms with van der Waals surface area (Å²) in [5.74, 6) is 0.327. The fourth-order valence-electron chi connectivity index (χ4n) is 4.23. The van der Waals surface area contributed by atoms with Crippen molar-refractivity contribution >= 4 is 11.7 Å². The number of aromatic nitrogens is 2. The van der Waals surface area contributed by atoms with E-state index in [1.54, 1.807) is 30.3 Å². The fraction of sp³-hybridized carbons (Fsp3) is 0.240. The Morgan fingerprint density at radius 2 is 1.75 bits per heavy atom. The van der Waals surface area contributed by atoms with E-state index in [-0.39, 0.29) is 48.7 Å². The molecule has 36 heavy (non-hydrogen) atoms. The number of benzene rings is 2. The average molecular weight is 486 g/mol. The maximum Gasteiger partial charge on any atom is 0.352 e. The summed E-state index contributed by atoms with van der Waals surface area (Å²) in [6.45, 7) is 1.18. The molecule has 3 heterocycles. The minimum Gasteiger partial charge on any atom is -0.488 e. The molecule has 2 aliphatic rings. The maximum absolute atomic E-state index is 13.5. The number of fused-ring (bicyclic) bond motifs is 3. The lowest BCUT2D eigenvalue weighted by molar-refractivity contribution is -0.120. The van der Waals surface area contributed by atoms with Crippen molar-refractivity contribution in [3.63, 3.8) is 0 Å². The molecule has 0 bridgehead atoms. The molecule has 0 saturated carbocycles. The number of nitrogens with zero attached hydrogens (tertiary/aromatic N) is 5. The predicted octanol–water partition coefficient (Wildman–Crippen LogP) is 1.60. The molecule has 0 radical (unpaired) electrons. The Labute approximate surface area is 204 Å². The third-order valence-corrected chi connectivity index (χ3v) is 6.04. The molecule has 180 valence electrons. The van der Waals surface area contributed by atoms with Crippen molar-refractivity contribution in [3.05, 3.63) is 81.0 Å². The standard InChI is InChI=1S/C25H19FN6O4/c26-20-3-1-15(5-17(20)8-27)13-35-21-4-2-16(6-18(21)9-28)14-36-23-7-24-31-12-22(33)29-10-19(31)11-32(24)25(34)30-23/h1-7,19H,10-14H2,(H,29,33). The van der Waals surface area contributed by atoms with E-state index < -0.39 is 11.5 Å². The largest absolute Gasteiger partial charge is 0.488 e. The van der Waals surface area contributed by atoms with Crippen LogP contribution < -0.4 is 25.4 Å². The molecule has 3 aromatic rings. The first-order chi connectivity index (χ1) is 17.4. The highest BCUT2D eigenvalue weighted by Crippen LogP contribution is 2.28. The van der Waals surface area contributed by atoms with Crippen LogP contribution in [0, 0.1) is 28.5 Å². The van der Waals surface area contributed by atoms with Crippen molar-refractivity contribution < 1.29 is 18.7 Å². The van der Waals surface area contributed by atoms with Gasteiger partial charge in [-0.05, 0) is 35.4 Å². The second-order valence-electron chi connectivity index (χ2n) is 8.38. The smallest absolute Gasteiger partial charge is 0.352 e. The van der Waals surface area contributed by atoms with Crippen molar-refractivity contribution in [1.82, 2.24) is 14.9 Å². The quantitative estimate of drug-likeness (QED) is 0.556. The van der Waals surface area contributed by atoms with Crippen LogP contribution in [-0.2, 0) is 24.6 Å². The van der Waals surface area contributed by atoms with Gasteiger partial charge in [-0.25, -0.2) is 9.18 Å². The van der Waals surface area contributed by atoms with Gasteiger partial charge in [0.1, 0.15) is 42.7 Å². The van der Waals surface area contributed by atoms with Gasteiger partial charge in [-0.2, -0.15) is 15.5 Å². The molecule has 1 saturated heterocycles. The Bertz CT molecular complexity index is 1510. The minimum atomic E-state index is -0.606. The molecule has 1 unspecified atom stereocenters. The van der Waals surface area contributed by atoms with Crippen molar-refractivity contribution in [2.45, 2.75) is 25.8 Å². The van der Waals surface area contributed by atoms with E-state index in [2.05, 4.69) is 16.4 Å². The molecule has 10 nitrogen and oxygen atoms in total.